The Morgan fingerprint density at radius 1 is 1.07 bits per heavy atom. The molecule has 1 aliphatic carbocycles. The minimum atomic E-state index is -0.668. The van der Waals surface area contributed by atoms with E-state index < -0.39 is 10.8 Å². The Hall–Kier alpha value is -4.40. The van der Waals surface area contributed by atoms with Gasteiger partial charge in [-0.2, -0.15) is 0 Å². The molecule has 7 rings (SSSR count). The summed E-state index contributed by atoms with van der Waals surface area (Å²) in [5.41, 5.74) is 3.38. The number of hydrogen-bond donors (Lipinski definition) is 2. The first-order valence-electron chi connectivity index (χ1n) is 13.6. The summed E-state index contributed by atoms with van der Waals surface area (Å²) in [6, 6.07) is 15.1. The number of fused-ring (bicyclic) bond motifs is 4. The molecule has 3 aliphatic heterocycles. The van der Waals surface area contributed by atoms with Crippen molar-refractivity contribution in [2.75, 3.05) is 24.0 Å². The SMILES string of the molecule is CC1(C)CCC(c2ccc3c(c2)OCO3)N(CC(=O)Nc2ccc3c(c2)CC2(C3)C(=O)Nc3ncccc32)C1=O. The Kier molecular flexibility index (Phi) is 5.42. The summed E-state index contributed by atoms with van der Waals surface area (Å²) in [5, 5.41) is 5.93. The Balaban J connectivity index is 1.10. The van der Waals surface area contributed by atoms with E-state index in [2.05, 4.69) is 15.6 Å². The molecule has 2 unspecified atom stereocenters. The summed E-state index contributed by atoms with van der Waals surface area (Å²) in [7, 11) is 0. The minimum absolute atomic E-state index is 0.0382. The van der Waals surface area contributed by atoms with Gasteiger partial charge in [0.15, 0.2) is 11.5 Å². The molecule has 2 aromatic carbocycles. The first-order valence-corrected chi connectivity index (χ1v) is 13.6. The van der Waals surface area contributed by atoms with Gasteiger partial charge < -0.3 is 25.0 Å². The van der Waals surface area contributed by atoms with Crippen molar-refractivity contribution < 1.29 is 23.9 Å². The molecule has 3 aromatic rings. The molecular formula is C31H30N4O5. The fourth-order valence-corrected chi connectivity index (χ4v) is 6.64. The highest BCUT2D eigenvalue weighted by Crippen LogP contribution is 2.47. The van der Waals surface area contributed by atoms with E-state index in [0.29, 0.717) is 35.8 Å². The van der Waals surface area contributed by atoms with Gasteiger partial charge in [-0.05, 0) is 72.7 Å². The van der Waals surface area contributed by atoms with Gasteiger partial charge in [-0.1, -0.05) is 32.0 Å². The molecule has 9 heteroatoms. The molecule has 1 saturated heterocycles. The zero-order valence-corrected chi connectivity index (χ0v) is 22.5. The van der Waals surface area contributed by atoms with E-state index in [1.165, 1.54) is 0 Å². The van der Waals surface area contributed by atoms with Gasteiger partial charge in [0, 0.05) is 22.9 Å². The van der Waals surface area contributed by atoms with E-state index in [4.69, 9.17) is 9.47 Å². The Labute approximate surface area is 231 Å². The van der Waals surface area contributed by atoms with Crippen molar-refractivity contribution in [2.45, 2.75) is 51.0 Å². The van der Waals surface area contributed by atoms with Gasteiger partial charge >= 0.3 is 0 Å². The first kappa shape index (κ1) is 24.6. The molecule has 4 heterocycles. The standard InChI is InChI=1S/C31H30N4O5/c1-30(2)10-9-23(18-6-8-24-25(13-18)40-17-39-24)35(29(30)38)16-26(36)33-21-7-5-19-14-31(15-20(19)12-21)22-4-3-11-32-27(22)34-28(31)37/h3-8,11-13,23H,9-10,14-17H2,1-2H3,(H,33,36)(H,32,34,37). The molecule has 1 aromatic heterocycles. The van der Waals surface area contributed by atoms with E-state index in [1.807, 2.05) is 62.4 Å². The van der Waals surface area contributed by atoms with Gasteiger partial charge in [0.2, 0.25) is 24.5 Å². The molecule has 40 heavy (non-hydrogen) atoms. The molecule has 3 amide bonds. The summed E-state index contributed by atoms with van der Waals surface area (Å²) < 4.78 is 11.0. The van der Waals surface area contributed by atoms with Crippen molar-refractivity contribution in [2.24, 2.45) is 5.41 Å². The molecule has 4 aliphatic rings. The number of nitrogens with zero attached hydrogens (tertiary/aromatic N) is 2. The molecule has 9 nitrogen and oxygen atoms in total. The van der Waals surface area contributed by atoms with Crippen LogP contribution in [0.4, 0.5) is 11.5 Å². The van der Waals surface area contributed by atoms with Crippen LogP contribution in [0.3, 0.4) is 0 Å². The third kappa shape index (κ3) is 3.83. The van der Waals surface area contributed by atoms with Crippen LogP contribution in [0.15, 0.2) is 54.7 Å². The average molecular weight is 539 g/mol. The number of ether oxygens (including phenoxy) is 2. The number of carbonyl (C=O) groups excluding carboxylic acids is 3. The number of anilines is 2. The maximum Gasteiger partial charge on any atom is 0.244 e. The number of piperidine rings is 1. The lowest BCUT2D eigenvalue weighted by molar-refractivity contribution is -0.150. The van der Waals surface area contributed by atoms with Gasteiger partial charge in [0.1, 0.15) is 12.4 Å². The van der Waals surface area contributed by atoms with Crippen molar-refractivity contribution in [3.05, 3.63) is 77.0 Å². The number of rotatable bonds is 4. The number of aromatic nitrogens is 1. The Morgan fingerprint density at radius 3 is 2.77 bits per heavy atom. The number of amides is 3. The molecule has 0 bridgehead atoms. The fraction of sp³-hybridized carbons (Fsp3) is 0.355. The van der Waals surface area contributed by atoms with Crippen LogP contribution in [-0.4, -0.2) is 40.9 Å². The molecule has 1 spiro atoms. The van der Waals surface area contributed by atoms with Crippen molar-refractivity contribution in [3.8, 4) is 11.5 Å². The summed E-state index contributed by atoms with van der Waals surface area (Å²) >= 11 is 0. The summed E-state index contributed by atoms with van der Waals surface area (Å²) in [4.78, 5) is 45.9. The average Bonchev–Trinajstić information content (AvgIpc) is 3.62. The van der Waals surface area contributed by atoms with Gasteiger partial charge in [-0.25, -0.2) is 4.98 Å². The molecule has 2 atom stereocenters. The number of carbonyl (C=O) groups is 3. The largest absolute Gasteiger partial charge is 0.454 e. The second kappa shape index (κ2) is 8.81. The van der Waals surface area contributed by atoms with E-state index in [1.54, 1.807) is 11.1 Å². The third-order valence-corrected chi connectivity index (χ3v) is 8.82. The van der Waals surface area contributed by atoms with Gasteiger partial charge in [0.05, 0.1) is 11.5 Å². The smallest absolute Gasteiger partial charge is 0.244 e. The second-order valence-corrected chi connectivity index (χ2v) is 11.8. The summed E-state index contributed by atoms with van der Waals surface area (Å²) in [6.45, 7) is 3.97. The molecule has 204 valence electrons. The Bertz CT molecular complexity index is 1580. The van der Waals surface area contributed by atoms with Crippen LogP contribution in [-0.2, 0) is 32.6 Å². The monoisotopic (exact) mass is 538 g/mol. The van der Waals surface area contributed by atoms with Crippen LogP contribution < -0.4 is 20.1 Å². The van der Waals surface area contributed by atoms with Gasteiger partial charge in [0.25, 0.3) is 0 Å². The maximum atomic E-state index is 13.5. The minimum Gasteiger partial charge on any atom is -0.454 e. The van der Waals surface area contributed by atoms with Crippen LogP contribution in [0.5, 0.6) is 11.5 Å². The Morgan fingerprint density at radius 2 is 1.90 bits per heavy atom. The van der Waals surface area contributed by atoms with Crippen LogP contribution in [0, 0.1) is 5.41 Å². The number of likely N-dealkylation sites (tertiary alicyclic amines) is 1. The van der Waals surface area contributed by atoms with E-state index in [9.17, 15) is 14.4 Å². The molecule has 1 fully saturated rings. The predicted octanol–water partition coefficient (Wildman–Crippen LogP) is 4.13. The number of hydrogen-bond acceptors (Lipinski definition) is 6. The van der Waals surface area contributed by atoms with E-state index in [-0.39, 0.29) is 37.1 Å². The maximum absolute atomic E-state index is 13.5. The lowest BCUT2D eigenvalue weighted by Gasteiger charge is -2.43. The highest BCUT2D eigenvalue weighted by Gasteiger charge is 2.51. The predicted molar refractivity (Wildman–Crippen MR) is 147 cm³/mol. The third-order valence-electron chi connectivity index (χ3n) is 8.82. The van der Waals surface area contributed by atoms with Gasteiger partial charge in [-0.15, -0.1) is 0 Å². The second-order valence-electron chi connectivity index (χ2n) is 11.8. The van der Waals surface area contributed by atoms with Crippen molar-refractivity contribution >= 4 is 29.2 Å². The van der Waals surface area contributed by atoms with Crippen LogP contribution in [0.1, 0.15) is 55.0 Å². The number of benzene rings is 2. The highest BCUT2D eigenvalue weighted by atomic mass is 16.7. The number of nitrogens with one attached hydrogen (secondary N) is 2. The van der Waals surface area contributed by atoms with E-state index >= 15 is 0 Å². The summed E-state index contributed by atoms with van der Waals surface area (Å²) in [6.07, 6.45) is 4.28. The molecule has 0 radical (unpaired) electrons. The van der Waals surface area contributed by atoms with Crippen LogP contribution >= 0.6 is 0 Å². The molecule has 0 saturated carbocycles. The van der Waals surface area contributed by atoms with Crippen molar-refractivity contribution in [1.82, 2.24) is 9.88 Å². The molecular weight excluding hydrogens is 508 g/mol. The highest BCUT2D eigenvalue weighted by molar-refractivity contribution is 6.06. The number of pyridine rings is 1. The van der Waals surface area contributed by atoms with Crippen LogP contribution in [0.2, 0.25) is 0 Å². The van der Waals surface area contributed by atoms with Crippen molar-refractivity contribution in [1.29, 1.82) is 0 Å². The van der Waals surface area contributed by atoms with E-state index in [0.717, 1.165) is 35.1 Å². The lowest BCUT2D eigenvalue weighted by atomic mass is 9.78. The molecule has 2 N–H and O–H groups in total. The zero-order chi connectivity index (χ0) is 27.6. The zero-order valence-electron chi connectivity index (χ0n) is 22.5. The fourth-order valence-electron chi connectivity index (χ4n) is 6.64. The quantitative estimate of drug-likeness (QED) is 0.517. The first-order chi connectivity index (χ1) is 19.2. The van der Waals surface area contributed by atoms with Crippen LogP contribution in [0.25, 0.3) is 0 Å². The topological polar surface area (TPSA) is 110 Å². The van der Waals surface area contributed by atoms with Gasteiger partial charge in [-0.3, -0.25) is 14.4 Å². The van der Waals surface area contributed by atoms with Crippen molar-refractivity contribution in [3.63, 3.8) is 0 Å². The lowest BCUT2D eigenvalue weighted by Crippen LogP contribution is -2.50. The summed E-state index contributed by atoms with van der Waals surface area (Å²) in [5.74, 6) is 1.61. The normalized spacial score (nSPS) is 23.6.